The van der Waals surface area contributed by atoms with E-state index in [1.54, 1.807) is 6.07 Å². The quantitative estimate of drug-likeness (QED) is 0.643. The average Bonchev–Trinajstić information content (AvgIpc) is 2.90. The summed E-state index contributed by atoms with van der Waals surface area (Å²) >= 11 is 0. The van der Waals surface area contributed by atoms with Crippen molar-refractivity contribution in [1.29, 1.82) is 5.26 Å². The van der Waals surface area contributed by atoms with Crippen LogP contribution in [0.2, 0.25) is 0 Å². The van der Waals surface area contributed by atoms with Crippen LogP contribution in [0.1, 0.15) is 24.0 Å². The van der Waals surface area contributed by atoms with Crippen molar-refractivity contribution in [2.24, 2.45) is 0 Å². The number of benzene rings is 1. The standard InChI is InChI=1S/C11H10FN/c1-8-2-3-9(12)6-10(8)11(7-13)4-5-11/h2-3,6H,4-5H2,1H3. The minimum absolute atomic E-state index is 0.248. The van der Waals surface area contributed by atoms with Gasteiger partial charge >= 0.3 is 0 Å². The summed E-state index contributed by atoms with van der Waals surface area (Å²) in [7, 11) is 0. The molecule has 0 unspecified atom stereocenters. The Morgan fingerprint density at radius 1 is 1.46 bits per heavy atom. The third-order valence-electron chi connectivity index (χ3n) is 2.68. The molecule has 66 valence electrons. The van der Waals surface area contributed by atoms with E-state index < -0.39 is 0 Å². The molecular formula is C11H10FN. The van der Waals surface area contributed by atoms with E-state index in [-0.39, 0.29) is 11.2 Å². The highest BCUT2D eigenvalue weighted by atomic mass is 19.1. The molecule has 0 bridgehead atoms. The molecule has 1 saturated carbocycles. The Kier molecular flexibility index (Phi) is 1.63. The molecule has 0 atom stereocenters. The summed E-state index contributed by atoms with van der Waals surface area (Å²) in [4.78, 5) is 0. The first-order chi connectivity index (χ1) is 6.18. The third-order valence-corrected chi connectivity index (χ3v) is 2.68. The van der Waals surface area contributed by atoms with Gasteiger partial charge in [-0.3, -0.25) is 0 Å². The molecule has 1 aromatic rings. The first-order valence-electron chi connectivity index (χ1n) is 4.36. The van der Waals surface area contributed by atoms with Crippen LogP contribution >= 0.6 is 0 Å². The van der Waals surface area contributed by atoms with Crippen molar-refractivity contribution in [3.05, 3.63) is 35.1 Å². The van der Waals surface area contributed by atoms with Crippen molar-refractivity contribution >= 4 is 0 Å². The topological polar surface area (TPSA) is 23.8 Å². The van der Waals surface area contributed by atoms with E-state index >= 15 is 0 Å². The van der Waals surface area contributed by atoms with Gasteiger partial charge in [0.15, 0.2) is 0 Å². The van der Waals surface area contributed by atoms with E-state index in [0.717, 1.165) is 24.0 Å². The van der Waals surface area contributed by atoms with Crippen LogP contribution in [0, 0.1) is 24.1 Å². The van der Waals surface area contributed by atoms with Crippen LogP contribution in [-0.2, 0) is 5.41 Å². The summed E-state index contributed by atoms with van der Waals surface area (Å²) in [6, 6.07) is 6.94. The summed E-state index contributed by atoms with van der Waals surface area (Å²) in [5, 5.41) is 8.95. The Morgan fingerprint density at radius 3 is 2.69 bits per heavy atom. The predicted octanol–water partition coefficient (Wildman–Crippen LogP) is 2.69. The van der Waals surface area contributed by atoms with Crippen molar-refractivity contribution in [1.82, 2.24) is 0 Å². The normalized spacial score (nSPS) is 17.9. The van der Waals surface area contributed by atoms with Gasteiger partial charge in [-0.05, 0) is 43.0 Å². The highest BCUT2D eigenvalue weighted by molar-refractivity contribution is 5.43. The molecule has 1 nitrogen and oxygen atoms in total. The second-order valence-electron chi connectivity index (χ2n) is 3.65. The lowest BCUT2D eigenvalue weighted by Gasteiger charge is -2.09. The van der Waals surface area contributed by atoms with Crippen LogP contribution in [0.15, 0.2) is 18.2 Å². The monoisotopic (exact) mass is 175 g/mol. The molecule has 1 aliphatic carbocycles. The van der Waals surface area contributed by atoms with Crippen LogP contribution in [0.3, 0.4) is 0 Å². The molecule has 0 N–H and O–H groups in total. The van der Waals surface area contributed by atoms with E-state index in [9.17, 15) is 4.39 Å². The molecule has 0 aromatic heterocycles. The molecule has 0 radical (unpaired) electrons. The predicted molar refractivity (Wildman–Crippen MR) is 47.7 cm³/mol. The van der Waals surface area contributed by atoms with Gasteiger partial charge < -0.3 is 0 Å². The lowest BCUT2D eigenvalue weighted by Crippen LogP contribution is -2.05. The Balaban J connectivity index is 2.52. The second-order valence-corrected chi connectivity index (χ2v) is 3.65. The molecule has 0 heterocycles. The summed E-state index contributed by atoms with van der Waals surface area (Å²) in [6.07, 6.45) is 1.74. The number of hydrogen-bond donors (Lipinski definition) is 0. The Bertz CT molecular complexity index is 386. The van der Waals surface area contributed by atoms with Gasteiger partial charge in [-0.1, -0.05) is 6.07 Å². The maximum atomic E-state index is 12.9. The zero-order chi connectivity index (χ0) is 9.47. The lowest BCUT2D eigenvalue weighted by atomic mass is 9.93. The van der Waals surface area contributed by atoms with Gasteiger partial charge in [-0.25, -0.2) is 4.39 Å². The van der Waals surface area contributed by atoms with Gasteiger partial charge in [0.25, 0.3) is 0 Å². The molecule has 2 rings (SSSR count). The number of rotatable bonds is 1. The molecular weight excluding hydrogens is 165 g/mol. The highest BCUT2D eigenvalue weighted by Gasteiger charge is 2.45. The SMILES string of the molecule is Cc1ccc(F)cc1C1(C#N)CC1. The van der Waals surface area contributed by atoms with Crippen LogP contribution in [-0.4, -0.2) is 0 Å². The molecule has 1 aliphatic rings. The first-order valence-corrected chi connectivity index (χ1v) is 4.36. The van der Waals surface area contributed by atoms with Crippen molar-refractivity contribution in [3.8, 4) is 6.07 Å². The minimum atomic E-state index is -0.369. The smallest absolute Gasteiger partial charge is 0.123 e. The number of halogens is 1. The molecule has 0 aliphatic heterocycles. The van der Waals surface area contributed by atoms with E-state index in [4.69, 9.17) is 5.26 Å². The van der Waals surface area contributed by atoms with Crippen molar-refractivity contribution < 1.29 is 4.39 Å². The number of nitrogens with zero attached hydrogens (tertiary/aromatic N) is 1. The maximum absolute atomic E-state index is 12.9. The first kappa shape index (κ1) is 8.25. The molecule has 0 saturated heterocycles. The fraction of sp³-hybridized carbons (Fsp3) is 0.364. The van der Waals surface area contributed by atoms with Gasteiger partial charge in [0.1, 0.15) is 5.82 Å². The molecule has 1 fully saturated rings. The van der Waals surface area contributed by atoms with Gasteiger partial charge in [-0.15, -0.1) is 0 Å². The maximum Gasteiger partial charge on any atom is 0.123 e. The van der Waals surface area contributed by atoms with Crippen LogP contribution < -0.4 is 0 Å². The third kappa shape index (κ3) is 1.21. The van der Waals surface area contributed by atoms with Crippen molar-refractivity contribution in [2.45, 2.75) is 25.2 Å². The van der Waals surface area contributed by atoms with Crippen molar-refractivity contribution in [2.75, 3.05) is 0 Å². The van der Waals surface area contributed by atoms with Gasteiger partial charge in [-0.2, -0.15) is 5.26 Å². The zero-order valence-corrected chi connectivity index (χ0v) is 7.47. The largest absolute Gasteiger partial charge is 0.207 e. The molecule has 0 spiro atoms. The average molecular weight is 175 g/mol. The fourth-order valence-corrected chi connectivity index (χ4v) is 1.68. The zero-order valence-electron chi connectivity index (χ0n) is 7.47. The lowest BCUT2D eigenvalue weighted by molar-refractivity contribution is 0.622. The molecule has 0 amide bonds. The molecule has 2 heteroatoms. The number of nitriles is 1. The highest BCUT2D eigenvalue weighted by Crippen LogP contribution is 2.48. The Labute approximate surface area is 76.8 Å². The summed E-state index contributed by atoms with van der Waals surface area (Å²) in [5.74, 6) is -0.248. The van der Waals surface area contributed by atoms with E-state index in [0.29, 0.717) is 0 Å². The van der Waals surface area contributed by atoms with Crippen LogP contribution in [0.25, 0.3) is 0 Å². The summed E-state index contributed by atoms with van der Waals surface area (Å²) < 4.78 is 12.9. The van der Waals surface area contributed by atoms with E-state index in [1.807, 2.05) is 6.92 Å². The Morgan fingerprint density at radius 2 is 2.15 bits per heavy atom. The van der Waals surface area contributed by atoms with Crippen LogP contribution in [0.5, 0.6) is 0 Å². The van der Waals surface area contributed by atoms with Gasteiger partial charge in [0, 0.05) is 0 Å². The number of hydrogen-bond acceptors (Lipinski definition) is 1. The summed E-state index contributed by atoms with van der Waals surface area (Å²) in [5.41, 5.74) is 1.52. The van der Waals surface area contributed by atoms with Crippen LogP contribution in [0.4, 0.5) is 4.39 Å². The summed E-state index contributed by atoms with van der Waals surface area (Å²) in [6.45, 7) is 1.92. The second kappa shape index (κ2) is 2.56. The fourth-order valence-electron chi connectivity index (χ4n) is 1.68. The molecule has 1 aromatic carbocycles. The Hall–Kier alpha value is -1.36. The minimum Gasteiger partial charge on any atom is -0.207 e. The molecule has 13 heavy (non-hydrogen) atoms. The number of aryl methyl sites for hydroxylation is 1. The van der Waals surface area contributed by atoms with E-state index in [1.165, 1.54) is 12.1 Å². The van der Waals surface area contributed by atoms with Gasteiger partial charge in [0.05, 0.1) is 11.5 Å². The van der Waals surface area contributed by atoms with Gasteiger partial charge in [0.2, 0.25) is 0 Å². The van der Waals surface area contributed by atoms with E-state index in [2.05, 4.69) is 6.07 Å². The van der Waals surface area contributed by atoms with Crippen molar-refractivity contribution in [3.63, 3.8) is 0 Å².